The quantitative estimate of drug-likeness (QED) is 0.459. The zero-order valence-corrected chi connectivity index (χ0v) is 15.3. The number of rotatable bonds is 4. The van der Waals surface area contributed by atoms with Crippen LogP contribution in [0, 0.1) is 5.92 Å². The van der Waals surface area contributed by atoms with Gasteiger partial charge >= 0.3 is 0 Å². The van der Waals surface area contributed by atoms with E-state index in [1.54, 1.807) is 42.5 Å². The molecular weight excluding hydrogens is 385 g/mol. The molecule has 4 rings (SSSR count). The monoisotopic (exact) mass is 399 g/mol. The van der Waals surface area contributed by atoms with Crippen LogP contribution in [0.5, 0.6) is 0 Å². The molecule has 2 aliphatic rings. The summed E-state index contributed by atoms with van der Waals surface area (Å²) in [7, 11) is 0. The molecule has 142 valence electrons. The zero-order valence-electron chi connectivity index (χ0n) is 14.5. The van der Waals surface area contributed by atoms with Crippen LogP contribution < -0.4 is 5.32 Å². The van der Waals surface area contributed by atoms with Gasteiger partial charge in [0.15, 0.2) is 0 Å². The highest BCUT2D eigenvalue weighted by Crippen LogP contribution is 2.54. The van der Waals surface area contributed by atoms with Crippen molar-refractivity contribution in [2.75, 3.05) is 6.67 Å². The molecule has 28 heavy (non-hydrogen) atoms. The predicted octanol–water partition coefficient (Wildman–Crippen LogP) is 4.65. The van der Waals surface area contributed by atoms with Crippen molar-refractivity contribution in [1.29, 1.82) is 0 Å². The molecule has 0 spiro atoms. The molecule has 0 saturated heterocycles. The highest BCUT2D eigenvalue weighted by atomic mass is 35.5. The van der Waals surface area contributed by atoms with Gasteiger partial charge in [-0.2, -0.15) is 0 Å². The van der Waals surface area contributed by atoms with E-state index in [-0.39, 0.29) is 18.0 Å². The van der Waals surface area contributed by atoms with E-state index < -0.39 is 18.1 Å². The fourth-order valence-electron chi connectivity index (χ4n) is 3.47. The average molecular weight is 400 g/mol. The Balaban J connectivity index is 1.72. The Labute approximate surface area is 164 Å². The first-order chi connectivity index (χ1) is 13.6. The van der Waals surface area contributed by atoms with Crippen LogP contribution in [0.2, 0.25) is 5.02 Å². The van der Waals surface area contributed by atoms with Gasteiger partial charge in [0, 0.05) is 32.7 Å². The summed E-state index contributed by atoms with van der Waals surface area (Å²) in [5.74, 6) is -0.617. The number of amidine groups is 1. The third-order valence-electron chi connectivity index (χ3n) is 4.95. The first kappa shape index (κ1) is 18.3. The number of carbonyl (C=O) groups is 1. The maximum absolute atomic E-state index is 14.4. The van der Waals surface area contributed by atoms with E-state index in [0.29, 0.717) is 28.3 Å². The summed E-state index contributed by atoms with van der Waals surface area (Å²) in [6.45, 7) is -0.832. The van der Waals surface area contributed by atoms with Crippen LogP contribution in [-0.2, 0) is 10.3 Å². The van der Waals surface area contributed by atoms with Crippen molar-refractivity contribution in [3.63, 3.8) is 0 Å². The van der Waals surface area contributed by atoms with Gasteiger partial charge in [0.1, 0.15) is 18.3 Å². The highest BCUT2D eigenvalue weighted by molar-refractivity contribution is 6.31. The zero-order chi connectivity index (χ0) is 19.7. The van der Waals surface area contributed by atoms with E-state index >= 15 is 0 Å². The van der Waals surface area contributed by atoms with Crippen molar-refractivity contribution in [3.8, 4) is 0 Å². The summed E-state index contributed by atoms with van der Waals surface area (Å²) in [5.41, 5.74) is 8.52. The highest BCUT2D eigenvalue weighted by Gasteiger charge is 2.60. The summed E-state index contributed by atoms with van der Waals surface area (Å²) >= 11 is 6.33. The molecule has 1 amide bonds. The molecule has 3 unspecified atom stereocenters. The van der Waals surface area contributed by atoms with Crippen LogP contribution in [0.15, 0.2) is 58.6 Å². The lowest BCUT2D eigenvalue weighted by molar-refractivity contribution is 0.0951. The van der Waals surface area contributed by atoms with Gasteiger partial charge in [-0.05, 0) is 36.2 Å². The molecule has 2 aromatic rings. The molecule has 3 atom stereocenters. The molecule has 1 aliphatic heterocycles. The second kappa shape index (κ2) is 7.14. The molecule has 1 heterocycles. The third kappa shape index (κ3) is 3.17. The SMILES string of the molecule is [N-]=[N+]=Nc1ccc(Cl)c(C2(CF)N=C(NC(=O)c3ccccc3)OC3CC32)c1. The molecule has 1 aliphatic carbocycles. The van der Waals surface area contributed by atoms with E-state index in [2.05, 4.69) is 20.3 Å². The first-order valence-corrected chi connectivity index (χ1v) is 8.99. The number of hydrogen-bond acceptors (Lipinski definition) is 4. The normalized spacial score (nSPS) is 24.9. The summed E-state index contributed by atoms with van der Waals surface area (Å²) in [4.78, 5) is 19.6. The van der Waals surface area contributed by atoms with Crippen LogP contribution in [0.3, 0.4) is 0 Å². The third-order valence-corrected chi connectivity index (χ3v) is 5.28. The number of amides is 1. The van der Waals surface area contributed by atoms with Gasteiger partial charge in [-0.15, -0.1) is 0 Å². The largest absolute Gasteiger partial charge is 0.461 e. The van der Waals surface area contributed by atoms with Crippen molar-refractivity contribution in [2.24, 2.45) is 16.0 Å². The Morgan fingerprint density at radius 2 is 2.18 bits per heavy atom. The maximum atomic E-state index is 14.4. The lowest BCUT2D eigenvalue weighted by Crippen LogP contribution is -2.43. The number of nitrogens with one attached hydrogen (secondary N) is 1. The van der Waals surface area contributed by atoms with Gasteiger partial charge in [0.05, 0.1) is 0 Å². The van der Waals surface area contributed by atoms with E-state index in [1.165, 1.54) is 6.07 Å². The maximum Gasteiger partial charge on any atom is 0.292 e. The molecule has 9 heteroatoms. The van der Waals surface area contributed by atoms with E-state index in [9.17, 15) is 9.18 Å². The molecular formula is C19H15ClFN5O2. The van der Waals surface area contributed by atoms with E-state index in [4.69, 9.17) is 21.9 Å². The molecule has 1 saturated carbocycles. The van der Waals surface area contributed by atoms with Gasteiger partial charge in [0.25, 0.3) is 11.9 Å². The van der Waals surface area contributed by atoms with Crippen molar-refractivity contribution >= 4 is 29.2 Å². The first-order valence-electron chi connectivity index (χ1n) is 8.61. The standard InChI is InChI=1S/C19H15ClFN5O2/c20-15-7-6-12(25-26-22)8-13(15)19(10-21)14-9-16(14)28-18(24-19)23-17(27)11-4-2-1-3-5-11/h1-8,14,16H,9-10H2,(H,23,24,27). The molecule has 2 aromatic carbocycles. The predicted molar refractivity (Wildman–Crippen MR) is 102 cm³/mol. The number of alkyl halides is 1. The number of nitrogens with zero attached hydrogens (tertiary/aromatic N) is 4. The second-order valence-corrected chi connectivity index (χ2v) is 7.05. The minimum atomic E-state index is -1.31. The van der Waals surface area contributed by atoms with Crippen LogP contribution in [-0.4, -0.2) is 24.7 Å². The minimum Gasteiger partial charge on any atom is -0.461 e. The van der Waals surface area contributed by atoms with Gasteiger partial charge in [0.2, 0.25) is 0 Å². The Morgan fingerprint density at radius 1 is 1.39 bits per heavy atom. The summed E-state index contributed by atoms with van der Waals surface area (Å²) < 4.78 is 20.1. The minimum absolute atomic E-state index is 0.0458. The number of carbonyl (C=O) groups excluding carboxylic acids is 1. The fraction of sp³-hybridized carbons (Fsp3) is 0.263. The molecule has 0 radical (unpaired) electrons. The average Bonchev–Trinajstić information content (AvgIpc) is 3.50. The number of hydrogen-bond donors (Lipinski definition) is 1. The lowest BCUT2D eigenvalue weighted by Gasteiger charge is -2.32. The van der Waals surface area contributed by atoms with Gasteiger partial charge in [-0.1, -0.05) is 41.0 Å². The Morgan fingerprint density at radius 3 is 2.89 bits per heavy atom. The molecule has 1 fully saturated rings. The number of ether oxygens (including phenoxy) is 1. The van der Waals surface area contributed by atoms with Crippen molar-refractivity contribution in [3.05, 3.63) is 75.1 Å². The van der Waals surface area contributed by atoms with Crippen molar-refractivity contribution in [2.45, 2.75) is 18.1 Å². The molecule has 0 bridgehead atoms. The number of fused-ring (bicyclic) bond motifs is 1. The van der Waals surface area contributed by atoms with E-state index in [0.717, 1.165) is 0 Å². The fourth-order valence-corrected chi connectivity index (χ4v) is 3.76. The smallest absolute Gasteiger partial charge is 0.292 e. The molecule has 7 nitrogen and oxygen atoms in total. The van der Waals surface area contributed by atoms with E-state index in [1.807, 2.05) is 0 Å². The van der Waals surface area contributed by atoms with Crippen LogP contribution in [0.25, 0.3) is 10.4 Å². The van der Waals surface area contributed by atoms with Crippen LogP contribution >= 0.6 is 11.6 Å². The van der Waals surface area contributed by atoms with Gasteiger partial charge in [-0.3, -0.25) is 10.1 Å². The number of benzene rings is 2. The number of aliphatic imine (C=N–C) groups is 1. The van der Waals surface area contributed by atoms with Gasteiger partial charge in [-0.25, -0.2) is 9.38 Å². The Hall–Kier alpha value is -3.09. The van der Waals surface area contributed by atoms with Crippen molar-refractivity contribution < 1.29 is 13.9 Å². The molecule has 0 aromatic heterocycles. The summed E-state index contributed by atoms with van der Waals surface area (Å²) in [6.07, 6.45) is 0.318. The molecule has 1 N–H and O–H groups in total. The summed E-state index contributed by atoms with van der Waals surface area (Å²) in [6, 6.07) is 13.2. The van der Waals surface area contributed by atoms with Gasteiger partial charge < -0.3 is 4.74 Å². The number of halogens is 2. The van der Waals surface area contributed by atoms with Crippen LogP contribution in [0.4, 0.5) is 10.1 Å². The Kier molecular flexibility index (Phi) is 4.66. The topological polar surface area (TPSA) is 99.5 Å². The second-order valence-electron chi connectivity index (χ2n) is 6.65. The van der Waals surface area contributed by atoms with Crippen LogP contribution in [0.1, 0.15) is 22.3 Å². The summed E-state index contributed by atoms with van der Waals surface area (Å²) in [5, 5.41) is 6.48. The van der Waals surface area contributed by atoms with Crippen molar-refractivity contribution in [1.82, 2.24) is 5.32 Å². The Bertz CT molecular complexity index is 1010. The lowest BCUT2D eigenvalue weighted by atomic mass is 9.85. The number of azide groups is 1.